The second kappa shape index (κ2) is 5.17. The summed E-state index contributed by atoms with van der Waals surface area (Å²) >= 11 is 0. The second-order valence-corrected chi connectivity index (χ2v) is 3.30. The molecule has 11 heavy (non-hydrogen) atoms. The maximum Gasteiger partial charge on any atom is -0.0348 e. The molecule has 0 aromatic rings. The minimum absolute atomic E-state index is 1.20. The number of allylic oxidation sites excluding steroid dienone is 4. The Morgan fingerprint density at radius 2 is 1.64 bits per heavy atom. The first kappa shape index (κ1) is 10.5. The lowest BCUT2D eigenvalue weighted by Crippen LogP contribution is -1.82. The van der Waals surface area contributed by atoms with Crippen molar-refractivity contribution in [3.8, 4) is 0 Å². The maximum atomic E-state index is 2.32. The van der Waals surface area contributed by atoms with E-state index in [1.165, 1.54) is 29.6 Å². The lowest BCUT2D eigenvalue weighted by Gasteiger charge is -2.03. The molecule has 0 spiro atoms. The fourth-order valence-corrected chi connectivity index (χ4v) is 0.908. The molecular weight excluding hydrogens is 132 g/mol. The van der Waals surface area contributed by atoms with E-state index in [4.69, 9.17) is 0 Å². The Morgan fingerprint density at radius 1 is 1.09 bits per heavy atom. The summed E-state index contributed by atoms with van der Waals surface area (Å²) in [6.07, 6.45) is 4.77. The molecule has 0 radical (unpaired) electrons. The highest BCUT2D eigenvalue weighted by Gasteiger charge is 1.93. The van der Waals surface area contributed by atoms with E-state index in [0.717, 1.165) is 0 Å². The van der Waals surface area contributed by atoms with Crippen molar-refractivity contribution in [1.29, 1.82) is 0 Å². The van der Waals surface area contributed by atoms with E-state index in [9.17, 15) is 0 Å². The molecule has 0 fully saturated rings. The van der Waals surface area contributed by atoms with E-state index in [1.54, 1.807) is 0 Å². The Labute approximate surface area is 71.0 Å². The van der Waals surface area contributed by atoms with Crippen molar-refractivity contribution in [3.63, 3.8) is 0 Å². The van der Waals surface area contributed by atoms with Crippen LogP contribution in [-0.4, -0.2) is 0 Å². The molecule has 0 saturated heterocycles. The van der Waals surface area contributed by atoms with E-state index >= 15 is 0 Å². The third-order valence-electron chi connectivity index (χ3n) is 2.08. The first-order valence-corrected chi connectivity index (χ1v) is 4.40. The Morgan fingerprint density at radius 3 is 2.00 bits per heavy atom. The van der Waals surface area contributed by atoms with Gasteiger partial charge in [0.25, 0.3) is 0 Å². The van der Waals surface area contributed by atoms with E-state index < -0.39 is 0 Å². The van der Waals surface area contributed by atoms with Crippen molar-refractivity contribution in [2.75, 3.05) is 0 Å². The Hall–Kier alpha value is -0.520. The molecule has 0 rings (SSSR count). The average molecular weight is 152 g/mol. The van der Waals surface area contributed by atoms with Crippen LogP contribution in [0.4, 0.5) is 0 Å². The number of rotatable bonds is 3. The van der Waals surface area contributed by atoms with Crippen LogP contribution in [0.2, 0.25) is 0 Å². The van der Waals surface area contributed by atoms with Gasteiger partial charge in [0.2, 0.25) is 0 Å². The summed E-state index contributed by atoms with van der Waals surface area (Å²) in [6.45, 7) is 10.9. The summed E-state index contributed by atoms with van der Waals surface area (Å²) in [4.78, 5) is 0. The summed E-state index contributed by atoms with van der Waals surface area (Å²) < 4.78 is 0. The van der Waals surface area contributed by atoms with Crippen LogP contribution in [-0.2, 0) is 0 Å². The van der Waals surface area contributed by atoms with Gasteiger partial charge in [-0.25, -0.2) is 0 Å². The first-order chi connectivity index (χ1) is 5.09. The molecule has 0 aromatic heterocycles. The largest absolute Gasteiger partial charge is 0.0813 e. The predicted octanol–water partition coefficient (Wildman–Crippen LogP) is 4.09. The van der Waals surface area contributed by atoms with Crippen LogP contribution in [0.5, 0.6) is 0 Å². The molecule has 0 heteroatoms. The Balaban J connectivity index is 4.24. The van der Waals surface area contributed by atoms with Crippen LogP contribution in [0.3, 0.4) is 0 Å². The molecule has 0 unspecified atom stereocenters. The van der Waals surface area contributed by atoms with Crippen molar-refractivity contribution >= 4 is 0 Å². The summed E-state index contributed by atoms with van der Waals surface area (Å²) in [5, 5.41) is 0. The zero-order chi connectivity index (χ0) is 8.85. The Bertz CT molecular complexity index is 166. The molecule has 0 N–H and O–H groups in total. The van der Waals surface area contributed by atoms with Crippen LogP contribution in [0.25, 0.3) is 0 Å². The zero-order valence-electron chi connectivity index (χ0n) is 8.49. The number of hydrogen-bond donors (Lipinski definition) is 0. The minimum Gasteiger partial charge on any atom is -0.0813 e. The molecule has 0 amide bonds. The molecular formula is C11H20. The fraction of sp³-hybridized carbons (Fsp3) is 0.636. The molecule has 0 heterocycles. The first-order valence-electron chi connectivity index (χ1n) is 4.40. The lowest BCUT2D eigenvalue weighted by atomic mass is 10.0. The van der Waals surface area contributed by atoms with Crippen LogP contribution in [0, 0.1) is 0 Å². The van der Waals surface area contributed by atoms with Gasteiger partial charge in [-0.3, -0.25) is 0 Å². The molecule has 0 aliphatic rings. The van der Waals surface area contributed by atoms with Crippen LogP contribution < -0.4 is 0 Å². The van der Waals surface area contributed by atoms with Crippen molar-refractivity contribution < 1.29 is 0 Å². The SMILES string of the molecule is CCC/C=C(\C)C(C)=C(C)C. The minimum atomic E-state index is 1.20. The molecule has 64 valence electrons. The predicted molar refractivity (Wildman–Crippen MR) is 52.7 cm³/mol. The number of hydrogen-bond acceptors (Lipinski definition) is 0. The van der Waals surface area contributed by atoms with E-state index in [2.05, 4.69) is 40.7 Å². The molecule has 0 nitrogen and oxygen atoms in total. The van der Waals surface area contributed by atoms with Crippen molar-refractivity contribution in [1.82, 2.24) is 0 Å². The summed E-state index contributed by atoms with van der Waals surface area (Å²) in [5.74, 6) is 0. The monoisotopic (exact) mass is 152 g/mol. The third-order valence-corrected chi connectivity index (χ3v) is 2.08. The molecule has 0 atom stereocenters. The smallest absolute Gasteiger partial charge is 0.0348 e. The van der Waals surface area contributed by atoms with Crippen LogP contribution >= 0.6 is 0 Å². The van der Waals surface area contributed by atoms with Gasteiger partial charge in [-0.15, -0.1) is 0 Å². The van der Waals surface area contributed by atoms with Gasteiger partial charge in [0, 0.05) is 0 Å². The summed E-state index contributed by atoms with van der Waals surface area (Å²) in [5.41, 5.74) is 4.31. The van der Waals surface area contributed by atoms with Gasteiger partial charge in [-0.05, 0) is 39.7 Å². The standard InChI is InChI=1S/C11H20/c1-6-7-8-10(4)11(5)9(2)3/h8H,6-7H2,1-5H3/b10-8+. The molecule has 0 bridgehead atoms. The van der Waals surface area contributed by atoms with Crippen LogP contribution in [0.15, 0.2) is 22.8 Å². The molecule has 0 saturated carbocycles. The van der Waals surface area contributed by atoms with Crippen molar-refractivity contribution in [3.05, 3.63) is 22.8 Å². The van der Waals surface area contributed by atoms with Gasteiger partial charge < -0.3 is 0 Å². The second-order valence-electron chi connectivity index (χ2n) is 3.30. The number of unbranched alkanes of at least 4 members (excludes halogenated alkanes) is 1. The zero-order valence-corrected chi connectivity index (χ0v) is 8.49. The van der Waals surface area contributed by atoms with Gasteiger partial charge in [-0.1, -0.05) is 30.6 Å². The van der Waals surface area contributed by atoms with Gasteiger partial charge in [0.15, 0.2) is 0 Å². The Kier molecular flexibility index (Phi) is 4.93. The normalized spacial score (nSPS) is 11.5. The van der Waals surface area contributed by atoms with E-state index in [1.807, 2.05) is 0 Å². The highest BCUT2D eigenvalue weighted by Crippen LogP contribution is 2.13. The highest BCUT2D eigenvalue weighted by molar-refractivity contribution is 5.30. The molecule has 0 aliphatic heterocycles. The molecule has 0 aromatic carbocycles. The third kappa shape index (κ3) is 4.02. The summed E-state index contributed by atoms with van der Waals surface area (Å²) in [7, 11) is 0. The average Bonchev–Trinajstić information content (AvgIpc) is 1.98. The fourth-order valence-electron chi connectivity index (χ4n) is 0.908. The maximum absolute atomic E-state index is 2.32. The quantitative estimate of drug-likeness (QED) is 0.534. The molecule has 0 aliphatic carbocycles. The van der Waals surface area contributed by atoms with Crippen molar-refractivity contribution in [2.45, 2.75) is 47.5 Å². The highest BCUT2D eigenvalue weighted by atomic mass is 14.0. The summed E-state index contributed by atoms with van der Waals surface area (Å²) in [6, 6.07) is 0. The van der Waals surface area contributed by atoms with Gasteiger partial charge in [-0.2, -0.15) is 0 Å². The topological polar surface area (TPSA) is 0 Å². The van der Waals surface area contributed by atoms with Gasteiger partial charge >= 0.3 is 0 Å². The lowest BCUT2D eigenvalue weighted by molar-refractivity contribution is 0.948. The van der Waals surface area contributed by atoms with Gasteiger partial charge in [0.05, 0.1) is 0 Å². The van der Waals surface area contributed by atoms with Gasteiger partial charge in [0.1, 0.15) is 0 Å². The van der Waals surface area contributed by atoms with E-state index in [0.29, 0.717) is 0 Å². The van der Waals surface area contributed by atoms with Crippen LogP contribution in [0.1, 0.15) is 47.5 Å². The van der Waals surface area contributed by atoms with Crippen molar-refractivity contribution in [2.24, 2.45) is 0 Å². The van der Waals surface area contributed by atoms with E-state index in [-0.39, 0.29) is 0 Å².